The van der Waals surface area contributed by atoms with Gasteiger partial charge in [0.1, 0.15) is 0 Å². The van der Waals surface area contributed by atoms with Crippen molar-refractivity contribution in [3.63, 3.8) is 0 Å². The van der Waals surface area contributed by atoms with Gasteiger partial charge in [0.25, 0.3) is 0 Å². The van der Waals surface area contributed by atoms with Gasteiger partial charge in [0.05, 0.1) is 6.33 Å². The van der Waals surface area contributed by atoms with Crippen LogP contribution >= 0.6 is 0 Å². The summed E-state index contributed by atoms with van der Waals surface area (Å²) in [5, 5.41) is 2.82. The van der Waals surface area contributed by atoms with Crippen LogP contribution in [-0.2, 0) is 4.79 Å². The topological polar surface area (TPSA) is 46.9 Å². The monoisotopic (exact) mass is 209 g/mol. The summed E-state index contributed by atoms with van der Waals surface area (Å²) in [7, 11) is 0. The van der Waals surface area contributed by atoms with Gasteiger partial charge >= 0.3 is 0 Å². The molecule has 1 amide bonds. The van der Waals surface area contributed by atoms with Crippen molar-refractivity contribution in [3.8, 4) is 0 Å². The van der Waals surface area contributed by atoms with Crippen LogP contribution in [0.2, 0.25) is 0 Å². The summed E-state index contributed by atoms with van der Waals surface area (Å²) in [5.41, 5.74) is 0. The number of carbonyl (C=O) groups is 1. The normalized spacial score (nSPS) is 12.4. The van der Waals surface area contributed by atoms with Gasteiger partial charge in [-0.2, -0.15) is 0 Å². The van der Waals surface area contributed by atoms with Gasteiger partial charge in [0.2, 0.25) is 5.91 Å². The zero-order chi connectivity index (χ0) is 11.1. The summed E-state index contributed by atoms with van der Waals surface area (Å²) in [5.74, 6) is 0.115. The number of nitrogens with one attached hydrogen (secondary N) is 1. The van der Waals surface area contributed by atoms with E-state index >= 15 is 0 Å². The minimum Gasteiger partial charge on any atom is -0.356 e. The third-order valence-corrected chi connectivity index (χ3v) is 2.36. The number of imidazole rings is 1. The van der Waals surface area contributed by atoms with Gasteiger partial charge in [-0.25, -0.2) is 4.98 Å². The van der Waals surface area contributed by atoms with Crippen LogP contribution < -0.4 is 5.32 Å². The van der Waals surface area contributed by atoms with Crippen LogP contribution in [0.4, 0.5) is 0 Å². The Bertz CT molecular complexity index is 282. The smallest absolute Gasteiger partial charge is 0.222 e. The molecule has 0 saturated heterocycles. The summed E-state index contributed by atoms with van der Waals surface area (Å²) in [4.78, 5) is 15.5. The highest BCUT2D eigenvalue weighted by Crippen LogP contribution is 2.17. The van der Waals surface area contributed by atoms with E-state index in [1.165, 1.54) is 0 Å². The highest BCUT2D eigenvalue weighted by atomic mass is 16.1. The molecule has 15 heavy (non-hydrogen) atoms. The van der Waals surface area contributed by atoms with E-state index < -0.39 is 0 Å². The molecule has 0 aliphatic rings. The predicted molar refractivity (Wildman–Crippen MR) is 59.5 cm³/mol. The maximum atomic E-state index is 11.5. The molecule has 1 aromatic rings. The van der Waals surface area contributed by atoms with E-state index in [-0.39, 0.29) is 11.9 Å². The summed E-state index contributed by atoms with van der Waals surface area (Å²) in [6.07, 6.45) is 8.06. The number of carbonyl (C=O) groups excluding carboxylic acids is 1. The zero-order valence-corrected chi connectivity index (χ0v) is 9.44. The van der Waals surface area contributed by atoms with Crippen molar-refractivity contribution >= 4 is 5.91 Å². The molecule has 1 unspecified atom stereocenters. The Balaban J connectivity index is 2.55. The molecule has 84 valence electrons. The fraction of sp³-hybridized carbons (Fsp3) is 0.636. The van der Waals surface area contributed by atoms with Gasteiger partial charge < -0.3 is 9.88 Å². The van der Waals surface area contributed by atoms with Crippen molar-refractivity contribution in [2.75, 3.05) is 6.54 Å². The van der Waals surface area contributed by atoms with Crippen molar-refractivity contribution in [3.05, 3.63) is 18.7 Å². The van der Waals surface area contributed by atoms with Crippen molar-refractivity contribution in [2.45, 2.75) is 39.2 Å². The van der Waals surface area contributed by atoms with Crippen LogP contribution in [0.3, 0.4) is 0 Å². The quantitative estimate of drug-likeness (QED) is 0.776. The number of aromatic nitrogens is 2. The first-order valence-corrected chi connectivity index (χ1v) is 5.52. The second-order valence-electron chi connectivity index (χ2n) is 3.61. The third-order valence-electron chi connectivity index (χ3n) is 2.36. The van der Waals surface area contributed by atoms with Gasteiger partial charge in [0, 0.05) is 31.4 Å². The molecule has 1 N–H and O–H groups in total. The van der Waals surface area contributed by atoms with Crippen LogP contribution in [0.1, 0.15) is 39.2 Å². The van der Waals surface area contributed by atoms with E-state index in [9.17, 15) is 4.79 Å². The highest BCUT2D eigenvalue weighted by molar-refractivity contribution is 5.76. The number of nitrogens with zero attached hydrogens (tertiary/aromatic N) is 2. The van der Waals surface area contributed by atoms with E-state index in [0.29, 0.717) is 13.0 Å². The maximum absolute atomic E-state index is 11.5. The number of hydrogen-bond donors (Lipinski definition) is 1. The molecular formula is C11H19N3O. The summed E-state index contributed by atoms with van der Waals surface area (Å²) in [6.45, 7) is 4.76. The van der Waals surface area contributed by atoms with Crippen LogP contribution in [0.15, 0.2) is 18.7 Å². The molecule has 1 atom stereocenters. The Kier molecular flexibility index (Phi) is 4.87. The standard InChI is InChI=1S/C11H19N3O/c1-3-5-10(8-11(15)13-4-2)14-7-6-12-9-14/h6-7,9-10H,3-5,8H2,1-2H3,(H,13,15). The average Bonchev–Trinajstić information content (AvgIpc) is 2.70. The third kappa shape index (κ3) is 3.73. The molecule has 0 fully saturated rings. The van der Waals surface area contributed by atoms with Gasteiger partial charge in [0.15, 0.2) is 0 Å². The average molecular weight is 209 g/mol. The fourth-order valence-electron chi connectivity index (χ4n) is 1.66. The number of rotatable bonds is 6. The van der Waals surface area contributed by atoms with E-state index in [4.69, 9.17) is 0 Å². The Morgan fingerprint density at radius 3 is 2.87 bits per heavy atom. The first-order chi connectivity index (χ1) is 7.27. The molecule has 0 radical (unpaired) electrons. The van der Waals surface area contributed by atoms with Crippen LogP contribution in [0.25, 0.3) is 0 Å². The molecule has 4 heteroatoms. The second-order valence-corrected chi connectivity index (χ2v) is 3.61. The molecule has 1 aromatic heterocycles. The van der Waals surface area contributed by atoms with Crippen molar-refractivity contribution in [1.29, 1.82) is 0 Å². The lowest BCUT2D eigenvalue weighted by Gasteiger charge is -2.16. The van der Waals surface area contributed by atoms with E-state index in [0.717, 1.165) is 12.8 Å². The van der Waals surface area contributed by atoms with E-state index in [2.05, 4.69) is 17.2 Å². The predicted octanol–water partition coefficient (Wildman–Crippen LogP) is 1.75. The Labute approximate surface area is 90.7 Å². The van der Waals surface area contributed by atoms with Crippen molar-refractivity contribution in [2.24, 2.45) is 0 Å². The molecule has 4 nitrogen and oxygen atoms in total. The molecule has 0 aromatic carbocycles. The zero-order valence-electron chi connectivity index (χ0n) is 9.44. The van der Waals surface area contributed by atoms with Crippen molar-refractivity contribution in [1.82, 2.24) is 14.9 Å². The van der Waals surface area contributed by atoms with E-state index in [1.807, 2.05) is 17.7 Å². The molecule has 0 saturated carbocycles. The fourth-order valence-corrected chi connectivity index (χ4v) is 1.66. The second kappa shape index (κ2) is 6.22. The molecule has 0 aliphatic carbocycles. The van der Waals surface area contributed by atoms with Crippen LogP contribution in [0.5, 0.6) is 0 Å². The lowest BCUT2D eigenvalue weighted by Crippen LogP contribution is -2.26. The highest BCUT2D eigenvalue weighted by Gasteiger charge is 2.13. The molecule has 1 rings (SSSR count). The Morgan fingerprint density at radius 2 is 2.33 bits per heavy atom. The molecule has 0 spiro atoms. The van der Waals surface area contributed by atoms with E-state index in [1.54, 1.807) is 12.5 Å². The minimum atomic E-state index is 0.115. The van der Waals surface area contributed by atoms with Gasteiger partial charge in [-0.1, -0.05) is 13.3 Å². The first kappa shape index (κ1) is 11.8. The molecule has 0 aliphatic heterocycles. The van der Waals surface area contributed by atoms with Crippen LogP contribution in [-0.4, -0.2) is 22.0 Å². The summed E-state index contributed by atoms with van der Waals surface area (Å²) in [6, 6.07) is 0.240. The number of hydrogen-bond acceptors (Lipinski definition) is 2. The van der Waals surface area contributed by atoms with Gasteiger partial charge in [-0.3, -0.25) is 4.79 Å². The summed E-state index contributed by atoms with van der Waals surface area (Å²) >= 11 is 0. The number of amides is 1. The molecular weight excluding hydrogens is 190 g/mol. The van der Waals surface area contributed by atoms with Crippen LogP contribution in [0, 0.1) is 0 Å². The lowest BCUT2D eigenvalue weighted by molar-refractivity contribution is -0.121. The van der Waals surface area contributed by atoms with Gasteiger partial charge in [-0.15, -0.1) is 0 Å². The largest absolute Gasteiger partial charge is 0.356 e. The Hall–Kier alpha value is -1.32. The SMILES string of the molecule is CCCC(CC(=O)NCC)n1ccnc1. The van der Waals surface area contributed by atoms with Crippen molar-refractivity contribution < 1.29 is 4.79 Å². The molecule has 0 bridgehead atoms. The first-order valence-electron chi connectivity index (χ1n) is 5.52. The van der Waals surface area contributed by atoms with Gasteiger partial charge in [-0.05, 0) is 13.3 Å². The summed E-state index contributed by atoms with van der Waals surface area (Å²) < 4.78 is 2.01. The Morgan fingerprint density at radius 1 is 1.53 bits per heavy atom. The minimum absolute atomic E-state index is 0.115. The molecule has 1 heterocycles. The lowest BCUT2D eigenvalue weighted by atomic mass is 10.1. The maximum Gasteiger partial charge on any atom is 0.222 e.